The summed E-state index contributed by atoms with van der Waals surface area (Å²) in [7, 11) is 0. The zero-order valence-electron chi connectivity index (χ0n) is 11.6. The van der Waals surface area contributed by atoms with Crippen molar-refractivity contribution in [2.24, 2.45) is 0 Å². The highest BCUT2D eigenvalue weighted by atomic mass is 79.9. The SMILES string of the molecule is CCOC(=O)[C@H](C)Oc1c(Br)cc(C=O)cc1OCC. The molecule has 6 heteroatoms. The van der Waals surface area contributed by atoms with E-state index in [0.29, 0.717) is 34.4 Å². The Kier molecular flexibility index (Phi) is 6.51. The van der Waals surface area contributed by atoms with Gasteiger partial charge in [0.2, 0.25) is 0 Å². The van der Waals surface area contributed by atoms with Crippen molar-refractivity contribution in [3.63, 3.8) is 0 Å². The van der Waals surface area contributed by atoms with Crippen LogP contribution in [0.5, 0.6) is 11.5 Å². The molecule has 0 fully saturated rings. The molecule has 5 nitrogen and oxygen atoms in total. The molecule has 0 unspecified atom stereocenters. The van der Waals surface area contributed by atoms with Crippen molar-refractivity contribution in [2.45, 2.75) is 26.9 Å². The predicted molar refractivity (Wildman–Crippen MR) is 77.4 cm³/mol. The van der Waals surface area contributed by atoms with Crippen molar-refractivity contribution < 1.29 is 23.8 Å². The van der Waals surface area contributed by atoms with Crippen LogP contribution in [0.2, 0.25) is 0 Å². The fourth-order valence-corrected chi connectivity index (χ4v) is 2.07. The lowest BCUT2D eigenvalue weighted by Crippen LogP contribution is -2.26. The monoisotopic (exact) mass is 344 g/mol. The molecule has 0 bridgehead atoms. The van der Waals surface area contributed by atoms with Crippen LogP contribution in [0.25, 0.3) is 0 Å². The van der Waals surface area contributed by atoms with Gasteiger partial charge in [-0.2, -0.15) is 0 Å². The summed E-state index contributed by atoms with van der Waals surface area (Å²) in [5, 5.41) is 0. The van der Waals surface area contributed by atoms with Crippen LogP contribution in [-0.2, 0) is 9.53 Å². The molecule has 0 N–H and O–H groups in total. The summed E-state index contributed by atoms with van der Waals surface area (Å²) in [6.45, 7) is 5.84. The van der Waals surface area contributed by atoms with E-state index in [1.165, 1.54) is 0 Å². The lowest BCUT2D eigenvalue weighted by Gasteiger charge is -2.18. The van der Waals surface area contributed by atoms with Crippen LogP contribution in [0.1, 0.15) is 31.1 Å². The molecule has 0 radical (unpaired) electrons. The maximum absolute atomic E-state index is 11.6. The molecule has 0 heterocycles. The van der Waals surface area contributed by atoms with Gasteiger partial charge in [-0.25, -0.2) is 4.79 Å². The second kappa shape index (κ2) is 7.89. The van der Waals surface area contributed by atoms with Gasteiger partial charge in [0.15, 0.2) is 17.6 Å². The van der Waals surface area contributed by atoms with Crippen LogP contribution in [0.3, 0.4) is 0 Å². The van der Waals surface area contributed by atoms with Gasteiger partial charge in [0.25, 0.3) is 0 Å². The van der Waals surface area contributed by atoms with Gasteiger partial charge in [0, 0.05) is 5.56 Å². The van der Waals surface area contributed by atoms with Crippen molar-refractivity contribution in [2.75, 3.05) is 13.2 Å². The van der Waals surface area contributed by atoms with E-state index in [1.807, 2.05) is 6.92 Å². The van der Waals surface area contributed by atoms with E-state index in [-0.39, 0.29) is 6.61 Å². The summed E-state index contributed by atoms with van der Waals surface area (Å²) < 4.78 is 16.4. The minimum Gasteiger partial charge on any atom is -0.490 e. The average molecular weight is 345 g/mol. The third-order valence-corrected chi connectivity index (χ3v) is 2.97. The van der Waals surface area contributed by atoms with Crippen LogP contribution in [0.4, 0.5) is 0 Å². The first kappa shape index (κ1) is 16.5. The Morgan fingerprint density at radius 3 is 2.60 bits per heavy atom. The fraction of sp³-hybridized carbons (Fsp3) is 0.429. The number of benzene rings is 1. The number of rotatable bonds is 7. The number of hydrogen-bond acceptors (Lipinski definition) is 5. The van der Waals surface area contributed by atoms with Gasteiger partial charge in [-0.1, -0.05) is 0 Å². The zero-order valence-corrected chi connectivity index (χ0v) is 13.2. The Hall–Kier alpha value is -1.56. The number of carbonyl (C=O) groups is 2. The Morgan fingerprint density at radius 1 is 1.35 bits per heavy atom. The topological polar surface area (TPSA) is 61.8 Å². The van der Waals surface area contributed by atoms with E-state index >= 15 is 0 Å². The van der Waals surface area contributed by atoms with Crippen LogP contribution < -0.4 is 9.47 Å². The molecule has 1 rings (SSSR count). The minimum atomic E-state index is -0.771. The Labute approximate surface area is 126 Å². The summed E-state index contributed by atoms with van der Waals surface area (Å²) in [5.74, 6) is 0.319. The molecule has 110 valence electrons. The summed E-state index contributed by atoms with van der Waals surface area (Å²) in [6.07, 6.45) is -0.0567. The molecule has 0 amide bonds. The van der Waals surface area contributed by atoms with Crippen LogP contribution in [0.15, 0.2) is 16.6 Å². The first-order chi connectivity index (χ1) is 9.53. The van der Waals surface area contributed by atoms with E-state index in [2.05, 4.69) is 15.9 Å². The van der Waals surface area contributed by atoms with Crippen molar-refractivity contribution in [1.82, 2.24) is 0 Å². The van der Waals surface area contributed by atoms with Gasteiger partial charge in [0.05, 0.1) is 17.7 Å². The van der Waals surface area contributed by atoms with Gasteiger partial charge in [-0.15, -0.1) is 0 Å². The lowest BCUT2D eigenvalue weighted by molar-refractivity contribution is -0.150. The molecule has 0 aliphatic rings. The van der Waals surface area contributed by atoms with Gasteiger partial charge < -0.3 is 14.2 Å². The van der Waals surface area contributed by atoms with Crippen LogP contribution in [0, 0.1) is 0 Å². The molecule has 0 spiro atoms. The molecule has 20 heavy (non-hydrogen) atoms. The Bertz CT molecular complexity index is 487. The molecule has 1 aromatic rings. The lowest BCUT2D eigenvalue weighted by atomic mass is 10.2. The van der Waals surface area contributed by atoms with Gasteiger partial charge >= 0.3 is 5.97 Å². The minimum absolute atomic E-state index is 0.288. The predicted octanol–water partition coefficient (Wildman–Crippen LogP) is 2.99. The summed E-state index contributed by atoms with van der Waals surface area (Å²) >= 11 is 3.31. The Balaban J connectivity index is 3.03. The second-order valence-corrected chi connectivity index (χ2v) is 4.75. The first-order valence-electron chi connectivity index (χ1n) is 6.28. The summed E-state index contributed by atoms with van der Waals surface area (Å²) in [4.78, 5) is 22.4. The normalized spacial score (nSPS) is 11.6. The zero-order chi connectivity index (χ0) is 15.1. The van der Waals surface area contributed by atoms with E-state index in [1.54, 1.807) is 26.0 Å². The number of hydrogen-bond donors (Lipinski definition) is 0. The van der Waals surface area contributed by atoms with Gasteiger partial charge in [-0.05, 0) is 48.8 Å². The second-order valence-electron chi connectivity index (χ2n) is 3.89. The van der Waals surface area contributed by atoms with Crippen molar-refractivity contribution in [1.29, 1.82) is 0 Å². The number of aldehydes is 1. The van der Waals surface area contributed by atoms with Crippen LogP contribution >= 0.6 is 15.9 Å². The third kappa shape index (κ3) is 4.23. The molecule has 0 aromatic heterocycles. The third-order valence-electron chi connectivity index (χ3n) is 2.38. The highest BCUT2D eigenvalue weighted by Crippen LogP contribution is 2.37. The summed E-state index contributed by atoms with van der Waals surface area (Å²) in [5.41, 5.74) is 0.455. The number of ether oxygens (including phenoxy) is 3. The number of carbonyl (C=O) groups excluding carboxylic acids is 2. The summed E-state index contributed by atoms with van der Waals surface area (Å²) in [6, 6.07) is 3.16. The van der Waals surface area contributed by atoms with Crippen molar-refractivity contribution in [3.05, 3.63) is 22.2 Å². The highest BCUT2D eigenvalue weighted by molar-refractivity contribution is 9.10. The molecule has 0 aliphatic carbocycles. The van der Waals surface area contributed by atoms with Crippen molar-refractivity contribution in [3.8, 4) is 11.5 Å². The molecule has 0 saturated heterocycles. The smallest absolute Gasteiger partial charge is 0.347 e. The largest absolute Gasteiger partial charge is 0.490 e. The quantitative estimate of drug-likeness (QED) is 0.562. The number of esters is 1. The van der Waals surface area contributed by atoms with Crippen LogP contribution in [-0.4, -0.2) is 31.6 Å². The molecular formula is C14H17BrO5. The standard InChI is InChI=1S/C14H17BrO5/c1-4-18-12-7-10(8-16)6-11(15)13(12)20-9(3)14(17)19-5-2/h6-9H,4-5H2,1-3H3/t9-/m0/s1. The maximum atomic E-state index is 11.6. The first-order valence-corrected chi connectivity index (χ1v) is 7.07. The molecule has 0 saturated carbocycles. The van der Waals surface area contributed by atoms with E-state index in [9.17, 15) is 9.59 Å². The highest BCUT2D eigenvalue weighted by Gasteiger charge is 2.20. The molecule has 0 aliphatic heterocycles. The fourth-order valence-electron chi connectivity index (χ4n) is 1.52. The molecule has 1 aromatic carbocycles. The van der Waals surface area contributed by atoms with E-state index in [4.69, 9.17) is 14.2 Å². The average Bonchev–Trinajstić information content (AvgIpc) is 2.42. The maximum Gasteiger partial charge on any atom is 0.347 e. The van der Waals surface area contributed by atoms with E-state index < -0.39 is 12.1 Å². The molecular weight excluding hydrogens is 328 g/mol. The van der Waals surface area contributed by atoms with Gasteiger partial charge in [0.1, 0.15) is 6.29 Å². The molecule has 1 atom stereocenters. The van der Waals surface area contributed by atoms with Gasteiger partial charge in [-0.3, -0.25) is 4.79 Å². The number of halogens is 1. The Morgan fingerprint density at radius 2 is 2.05 bits per heavy atom. The van der Waals surface area contributed by atoms with Crippen molar-refractivity contribution >= 4 is 28.2 Å². The van der Waals surface area contributed by atoms with E-state index in [0.717, 1.165) is 0 Å².